The minimum atomic E-state index is -0.145. The summed E-state index contributed by atoms with van der Waals surface area (Å²) in [6.45, 7) is 3.82. The van der Waals surface area contributed by atoms with E-state index in [1.165, 1.54) is 0 Å². The van der Waals surface area contributed by atoms with Crippen molar-refractivity contribution in [2.24, 2.45) is 5.92 Å². The van der Waals surface area contributed by atoms with E-state index in [-0.39, 0.29) is 24.5 Å². The number of aromatic nitrogens is 3. The van der Waals surface area contributed by atoms with E-state index < -0.39 is 0 Å². The minimum absolute atomic E-state index is 0.0234. The van der Waals surface area contributed by atoms with E-state index in [0.29, 0.717) is 5.56 Å². The summed E-state index contributed by atoms with van der Waals surface area (Å²) in [6.07, 6.45) is 3.19. The van der Waals surface area contributed by atoms with Gasteiger partial charge < -0.3 is 10.4 Å². The van der Waals surface area contributed by atoms with Gasteiger partial charge in [0.1, 0.15) is 12.7 Å². The molecule has 2 unspecified atom stereocenters. The van der Waals surface area contributed by atoms with E-state index in [4.69, 9.17) is 5.11 Å². The van der Waals surface area contributed by atoms with Crippen LogP contribution in [0.15, 0.2) is 36.9 Å². The maximum absolute atomic E-state index is 12.0. The van der Waals surface area contributed by atoms with Crippen LogP contribution in [0, 0.1) is 5.92 Å². The number of carbonyl (C=O) groups is 1. The standard InChI is InChI=1S/C14H18N4O2/c1-10(7-19)11(2)17-14(20)12-3-5-13(6-4-12)18-8-15-16-9-18/h3-6,8-11,19H,7H2,1-2H3,(H,17,20). The molecule has 0 radical (unpaired) electrons. The van der Waals surface area contributed by atoms with Crippen LogP contribution in [-0.4, -0.2) is 38.4 Å². The smallest absolute Gasteiger partial charge is 0.251 e. The summed E-state index contributed by atoms with van der Waals surface area (Å²) in [6, 6.07) is 7.09. The summed E-state index contributed by atoms with van der Waals surface area (Å²) < 4.78 is 1.76. The van der Waals surface area contributed by atoms with Crippen LogP contribution in [0.1, 0.15) is 24.2 Å². The van der Waals surface area contributed by atoms with Crippen LogP contribution >= 0.6 is 0 Å². The Morgan fingerprint density at radius 2 is 1.85 bits per heavy atom. The third-order valence-corrected chi connectivity index (χ3v) is 3.35. The Hall–Kier alpha value is -2.21. The largest absolute Gasteiger partial charge is 0.396 e. The summed E-state index contributed by atoms with van der Waals surface area (Å²) in [4.78, 5) is 12.0. The molecule has 2 atom stereocenters. The van der Waals surface area contributed by atoms with Gasteiger partial charge in [-0.1, -0.05) is 6.92 Å². The van der Waals surface area contributed by atoms with Crippen molar-refractivity contribution in [2.45, 2.75) is 19.9 Å². The number of aliphatic hydroxyl groups is 1. The highest BCUT2D eigenvalue weighted by atomic mass is 16.3. The normalized spacial score (nSPS) is 13.8. The van der Waals surface area contributed by atoms with Crippen molar-refractivity contribution in [3.05, 3.63) is 42.5 Å². The minimum Gasteiger partial charge on any atom is -0.396 e. The monoisotopic (exact) mass is 274 g/mol. The van der Waals surface area contributed by atoms with E-state index >= 15 is 0 Å². The summed E-state index contributed by atoms with van der Waals surface area (Å²) in [5.41, 5.74) is 1.47. The number of nitrogens with one attached hydrogen (secondary N) is 1. The van der Waals surface area contributed by atoms with Gasteiger partial charge in [-0.3, -0.25) is 9.36 Å². The Kier molecular flexibility index (Phi) is 4.47. The zero-order valence-electron chi connectivity index (χ0n) is 11.5. The fourth-order valence-corrected chi connectivity index (χ4v) is 1.71. The predicted molar refractivity (Wildman–Crippen MR) is 74.5 cm³/mol. The van der Waals surface area contributed by atoms with Gasteiger partial charge in [-0.05, 0) is 37.1 Å². The molecule has 20 heavy (non-hydrogen) atoms. The lowest BCUT2D eigenvalue weighted by molar-refractivity contribution is 0.0916. The van der Waals surface area contributed by atoms with Gasteiger partial charge in [-0.15, -0.1) is 10.2 Å². The van der Waals surface area contributed by atoms with Crippen molar-refractivity contribution in [3.63, 3.8) is 0 Å². The van der Waals surface area contributed by atoms with Gasteiger partial charge in [0.15, 0.2) is 0 Å². The molecule has 1 amide bonds. The molecule has 2 aromatic rings. The van der Waals surface area contributed by atoms with Gasteiger partial charge in [0, 0.05) is 23.9 Å². The lowest BCUT2D eigenvalue weighted by Crippen LogP contribution is -2.38. The molecule has 1 aromatic heterocycles. The van der Waals surface area contributed by atoms with E-state index in [1.807, 2.05) is 26.0 Å². The van der Waals surface area contributed by atoms with E-state index in [9.17, 15) is 4.79 Å². The lowest BCUT2D eigenvalue weighted by Gasteiger charge is -2.19. The number of carbonyl (C=O) groups excluding carboxylic acids is 1. The van der Waals surface area contributed by atoms with Crippen LogP contribution in [0.3, 0.4) is 0 Å². The van der Waals surface area contributed by atoms with Gasteiger partial charge in [0.2, 0.25) is 0 Å². The molecule has 0 aliphatic carbocycles. The summed E-state index contributed by atoms with van der Waals surface area (Å²) in [7, 11) is 0. The van der Waals surface area contributed by atoms with Crippen molar-refractivity contribution >= 4 is 5.91 Å². The number of aliphatic hydroxyl groups excluding tert-OH is 1. The Balaban J connectivity index is 2.04. The van der Waals surface area contributed by atoms with Crippen LogP contribution in [0.2, 0.25) is 0 Å². The van der Waals surface area contributed by atoms with Crippen molar-refractivity contribution in [1.29, 1.82) is 0 Å². The first-order valence-corrected chi connectivity index (χ1v) is 6.48. The van der Waals surface area contributed by atoms with Crippen LogP contribution < -0.4 is 5.32 Å². The van der Waals surface area contributed by atoms with Crippen molar-refractivity contribution < 1.29 is 9.90 Å². The third kappa shape index (κ3) is 3.21. The summed E-state index contributed by atoms with van der Waals surface area (Å²) >= 11 is 0. The number of amides is 1. The molecule has 6 nitrogen and oxygen atoms in total. The third-order valence-electron chi connectivity index (χ3n) is 3.35. The molecule has 0 saturated carbocycles. The molecule has 0 bridgehead atoms. The average molecular weight is 274 g/mol. The molecular formula is C14H18N4O2. The Labute approximate surface area is 117 Å². The summed E-state index contributed by atoms with van der Waals surface area (Å²) in [5, 5.41) is 19.4. The first-order valence-electron chi connectivity index (χ1n) is 6.48. The zero-order chi connectivity index (χ0) is 14.5. The topological polar surface area (TPSA) is 80.0 Å². The second kappa shape index (κ2) is 6.29. The average Bonchev–Trinajstić information content (AvgIpc) is 3.00. The van der Waals surface area contributed by atoms with Crippen molar-refractivity contribution in [1.82, 2.24) is 20.1 Å². The van der Waals surface area contributed by atoms with E-state index in [1.54, 1.807) is 29.4 Å². The second-order valence-electron chi connectivity index (χ2n) is 4.84. The van der Waals surface area contributed by atoms with Gasteiger partial charge in [-0.2, -0.15) is 0 Å². The fraction of sp³-hybridized carbons (Fsp3) is 0.357. The van der Waals surface area contributed by atoms with Gasteiger partial charge in [0.25, 0.3) is 5.91 Å². The highest BCUT2D eigenvalue weighted by molar-refractivity contribution is 5.94. The van der Waals surface area contributed by atoms with Crippen LogP contribution in [0.25, 0.3) is 5.69 Å². The maximum atomic E-state index is 12.0. The molecule has 0 spiro atoms. The number of rotatable bonds is 5. The first kappa shape index (κ1) is 14.2. The highest BCUT2D eigenvalue weighted by Crippen LogP contribution is 2.10. The molecular weight excluding hydrogens is 256 g/mol. The van der Waals surface area contributed by atoms with Crippen molar-refractivity contribution in [2.75, 3.05) is 6.61 Å². The molecule has 1 aromatic carbocycles. The quantitative estimate of drug-likeness (QED) is 0.853. The molecule has 0 aliphatic rings. The van der Waals surface area contributed by atoms with Crippen LogP contribution in [0.5, 0.6) is 0 Å². The van der Waals surface area contributed by atoms with Gasteiger partial charge >= 0.3 is 0 Å². The fourth-order valence-electron chi connectivity index (χ4n) is 1.71. The van der Waals surface area contributed by atoms with Gasteiger partial charge in [-0.25, -0.2) is 0 Å². The number of hydrogen-bond acceptors (Lipinski definition) is 4. The van der Waals surface area contributed by atoms with Gasteiger partial charge in [0.05, 0.1) is 0 Å². The first-order chi connectivity index (χ1) is 9.61. The molecule has 106 valence electrons. The molecule has 0 fully saturated rings. The number of nitrogens with zero attached hydrogens (tertiary/aromatic N) is 3. The lowest BCUT2D eigenvalue weighted by atomic mass is 10.0. The van der Waals surface area contributed by atoms with Crippen LogP contribution in [-0.2, 0) is 0 Å². The molecule has 0 aliphatic heterocycles. The summed E-state index contributed by atoms with van der Waals surface area (Å²) in [5.74, 6) is -0.122. The molecule has 0 saturated heterocycles. The Morgan fingerprint density at radius 3 is 2.40 bits per heavy atom. The molecule has 2 N–H and O–H groups in total. The number of hydrogen-bond donors (Lipinski definition) is 2. The maximum Gasteiger partial charge on any atom is 0.251 e. The predicted octanol–water partition coefficient (Wildman–Crippen LogP) is 1.01. The van der Waals surface area contributed by atoms with Crippen molar-refractivity contribution in [3.8, 4) is 5.69 Å². The van der Waals surface area contributed by atoms with E-state index in [0.717, 1.165) is 5.69 Å². The second-order valence-corrected chi connectivity index (χ2v) is 4.84. The van der Waals surface area contributed by atoms with E-state index in [2.05, 4.69) is 15.5 Å². The SMILES string of the molecule is CC(CO)C(C)NC(=O)c1ccc(-n2cnnc2)cc1. The Bertz CT molecular complexity index is 551. The number of benzene rings is 1. The molecule has 2 rings (SSSR count). The Morgan fingerprint density at radius 1 is 1.25 bits per heavy atom. The molecule has 6 heteroatoms. The molecule has 1 heterocycles. The zero-order valence-corrected chi connectivity index (χ0v) is 11.5. The highest BCUT2D eigenvalue weighted by Gasteiger charge is 2.15. The van der Waals surface area contributed by atoms with Crippen LogP contribution in [0.4, 0.5) is 0 Å².